The fraction of sp³-hybridized carbons (Fsp3) is 0.273. The van der Waals surface area contributed by atoms with E-state index in [-0.39, 0.29) is 11.7 Å². The van der Waals surface area contributed by atoms with Crippen LogP contribution in [0.1, 0.15) is 28.4 Å². The number of fused-ring (bicyclic) bond motifs is 1. The van der Waals surface area contributed by atoms with E-state index in [4.69, 9.17) is 0 Å². The monoisotopic (exact) mass is 395 g/mol. The summed E-state index contributed by atoms with van der Waals surface area (Å²) in [4.78, 5) is 19.5. The van der Waals surface area contributed by atoms with Crippen LogP contribution < -0.4 is 16.0 Å². The first kappa shape index (κ1) is 20.4. The molecule has 0 aliphatic rings. The Morgan fingerprint density at radius 2 is 2.03 bits per heavy atom. The second-order valence-electron chi connectivity index (χ2n) is 6.66. The number of halogens is 1. The maximum atomic E-state index is 13.3. The number of hydrogen-bond acceptors (Lipinski definition) is 2. The van der Waals surface area contributed by atoms with Crippen molar-refractivity contribution in [3.8, 4) is 0 Å². The summed E-state index contributed by atoms with van der Waals surface area (Å²) in [5.74, 6) is 0.356. The van der Waals surface area contributed by atoms with Crippen LogP contribution in [0, 0.1) is 5.82 Å². The van der Waals surface area contributed by atoms with Crippen LogP contribution in [-0.4, -0.2) is 37.0 Å². The maximum Gasteiger partial charge on any atom is 0.251 e. The van der Waals surface area contributed by atoms with Gasteiger partial charge in [-0.15, -0.1) is 0 Å². The zero-order chi connectivity index (χ0) is 20.6. The largest absolute Gasteiger partial charge is 0.361 e. The Morgan fingerprint density at radius 1 is 1.17 bits per heavy atom. The number of carbonyl (C=O) groups is 1. The van der Waals surface area contributed by atoms with Crippen molar-refractivity contribution in [3.63, 3.8) is 0 Å². The van der Waals surface area contributed by atoms with E-state index in [1.807, 2.05) is 31.3 Å². The number of H-pyrrole nitrogens is 1. The lowest BCUT2D eigenvalue weighted by Gasteiger charge is -2.11. The average molecular weight is 395 g/mol. The highest BCUT2D eigenvalue weighted by Gasteiger charge is 2.06. The van der Waals surface area contributed by atoms with Gasteiger partial charge in [0.2, 0.25) is 0 Å². The summed E-state index contributed by atoms with van der Waals surface area (Å²) < 4.78 is 13.3. The van der Waals surface area contributed by atoms with Crippen molar-refractivity contribution in [2.45, 2.75) is 19.9 Å². The molecule has 0 unspecified atom stereocenters. The van der Waals surface area contributed by atoms with E-state index in [0.717, 1.165) is 35.0 Å². The van der Waals surface area contributed by atoms with Gasteiger partial charge in [0.25, 0.3) is 5.91 Å². The zero-order valence-electron chi connectivity index (χ0n) is 16.7. The Labute approximate surface area is 169 Å². The summed E-state index contributed by atoms with van der Waals surface area (Å²) in [6.07, 6.45) is 2.70. The van der Waals surface area contributed by atoms with Crippen molar-refractivity contribution in [2.24, 2.45) is 4.99 Å². The fourth-order valence-corrected chi connectivity index (χ4v) is 3.15. The Balaban J connectivity index is 1.61. The van der Waals surface area contributed by atoms with Crippen LogP contribution in [0.3, 0.4) is 0 Å². The number of benzene rings is 2. The molecule has 0 atom stereocenters. The summed E-state index contributed by atoms with van der Waals surface area (Å²) in [7, 11) is 1.62. The number of aromatic nitrogens is 1. The van der Waals surface area contributed by atoms with E-state index >= 15 is 0 Å². The molecule has 0 saturated heterocycles. The van der Waals surface area contributed by atoms with Gasteiger partial charge in [-0.1, -0.05) is 12.1 Å². The molecule has 2 aromatic carbocycles. The van der Waals surface area contributed by atoms with Crippen LogP contribution in [0.25, 0.3) is 10.9 Å². The molecule has 0 fully saturated rings. The number of guanidine groups is 1. The SMILES string of the molecule is CCNC(=NCc1cccc(C(=O)NC)c1)NCCc1c[nH]c2cc(F)ccc12. The highest BCUT2D eigenvalue weighted by Crippen LogP contribution is 2.19. The average Bonchev–Trinajstić information content (AvgIpc) is 3.13. The number of hydrogen-bond donors (Lipinski definition) is 4. The Morgan fingerprint density at radius 3 is 2.83 bits per heavy atom. The molecule has 0 aliphatic heterocycles. The lowest BCUT2D eigenvalue weighted by Crippen LogP contribution is -2.38. The van der Waals surface area contributed by atoms with Gasteiger partial charge in [-0.05, 0) is 54.8 Å². The van der Waals surface area contributed by atoms with Crippen LogP contribution >= 0.6 is 0 Å². The quantitative estimate of drug-likeness (QED) is 0.367. The van der Waals surface area contributed by atoms with Crippen molar-refractivity contribution >= 4 is 22.8 Å². The molecule has 7 heteroatoms. The Bertz CT molecular complexity index is 1010. The number of amides is 1. The van der Waals surface area contributed by atoms with Crippen LogP contribution in [-0.2, 0) is 13.0 Å². The second-order valence-corrected chi connectivity index (χ2v) is 6.66. The normalized spacial score (nSPS) is 11.5. The van der Waals surface area contributed by atoms with E-state index in [1.165, 1.54) is 12.1 Å². The fourth-order valence-electron chi connectivity index (χ4n) is 3.15. The molecule has 1 heterocycles. The van der Waals surface area contributed by atoms with Crippen molar-refractivity contribution < 1.29 is 9.18 Å². The molecule has 0 aliphatic carbocycles. The van der Waals surface area contributed by atoms with Gasteiger partial charge in [0.1, 0.15) is 5.82 Å². The number of carbonyl (C=O) groups excluding carboxylic acids is 1. The number of aromatic amines is 1. The van der Waals surface area contributed by atoms with E-state index in [9.17, 15) is 9.18 Å². The van der Waals surface area contributed by atoms with Gasteiger partial charge in [0.05, 0.1) is 6.54 Å². The molecule has 0 spiro atoms. The number of aliphatic imine (C=N–C) groups is 1. The van der Waals surface area contributed by atoms with Crippen LogP contribution in [0.15, 0.2) is 53.7 Å². The van der Waals surface area contributed by atoms with Crippen molar-refractivity contribution in [3.05, 3.63) is 71.2 Å². The summed E-state index contributed by atoms with van der Waals surface area (Å²) >= 11 is 0. The first-order valence-electron chi connectivity index (χ1n) is 9.69. The van der Waals surface area contributed by atoms with Gasteiger partial charge in [-0.25, -0.2) is 9.38 Å². The zero-order valence-corrected chi connectivity index (χ0v) is 16.7. The first-order valence-corrected chi connectivity index (χ1v) is 9.69. The Hall–Kier alpha value is -3.35. The molecule has 3 aromatic rings. The maximum absolute atomic E-state index is 13.3. The minimum atomic E-state index is -0.244. The van der Waals surface area contributed by atoms with Crippen LogP contribution in [0.2, 0.25) is 0 Å². The van der Waals surface area contributed by atoms with Crippen molar-refractivity contribution in [1.82, 2.24) is 20.9 Å². The van der Waals surface area contributed by atoms with Gasteiger partial charge in [-0.2, -0.15) is 0 Å². The summed E-state index contributed by atoms with van der Waals surface area (Å²) in [6, 6.07) is 12.2. The van der Waals surface area contributed by atoms with Gasteiger partial charge >= 0.3 is 0 Å². The molecular weight excluding hydrogens is 369 g/mol. The molecule has 1 amide bonds. The highest BCUT2D eigenvalue weighted by atomic mass is 19.1. The molecule has 152 valence electrons. The number of nitrogens with zero attached hydrogens (tertiary/aromatic N) is 1. The lowest BCUT2D eigenvalue weighted by atomic mass is 10.1. The first-order chi connectivity index (χ1) is 14.1. The van der Waals surface area contributed by atoms with Gasteiger partial charge in [0.15, 0.2) is 5.96 Å². The predicted molar refractivity (Wildman–Crippen MR) is 115 cm³/mol. The summed E-state index contributed by atoms with van der Waals surface area (Å²) in [5, 5.41) is 10.2. The smallest absolute Gasteiger partial charge is 0.251 e. The minimum Gasteiger partial charge on any atom is -0.361 e. The summed E-state index contributed by atoms with van der Waals surface area (Å²) in [6.45, 7) is 3.91. The van der Waals surface area contributed by atoms with Gasteiger partial charge < -0.3 is 20.9 Å². The molecule has 3 rings (SSSR count). The van der Waals surface area contributed by atoms with Crippen molar-refractivity contribution in [1.29, 1.82) is 0 Å². The van der Waals surface area contributed by atoms with Crippen molar-refractivity contribution in [2.75, 3.05) is 20.1 Å². The third-order valence-corrected chi connectivity index (χ3v) is 4.60. The molecule has 0 bridgehead atoms. The van der Waals surface area contributed by atoms with Crippen LogP contribution in [0.5, 0.6) is 0 Å². The topological polar surface area (TPSA) is 81.3 Å². The molecule has 0 saturated carbocycles. The minimum absolute atomic E-state index is 0.112. The lowest BCUT2D eigenvalue weighted by molar-refractivity contribution is 0.0963. The van der Waals surface area contributed by atoms with Gasteiger partial charge in [0, 0.05) is 42.8 Å². The predicted octanol–water partition coefficient (Wildman–Crippen LogP) is 2.96. The molecule has 1 aromatic heterocycles. The molecule has 6 nitrogen and oxygen atoms in total. The summed E-state index contributed by atoms with van der Waals surface area (Å²) in [5.41, 5.74) is 3.51. The molecular formula is C22H26FN5O. The van der Waals surface area contributed by atoms with Crippen LogP contribution in [0.4, 0.5) is 4.39 Å². The molecule has 4 N–H and O–H groups in total. The van der Waals surface area contributed by atoms with E-state index in [0.29, 0.717) is 24.6 Å². The standard InChI is InChI=1S/C22H26FN5O/c1-3-25-22(28-13-15-5-4-6-16(11-15)21(29)24-2)26-10-9-17-14-27-20-12-18(23)7-8-19(17)20/h4-8,11-12,14,27H,3,9-10,13H2,1-2H3,(H,24,29)(H2,25,26,28). The second kappa shape index (κ2) is 9.73. The third-order valence-electron chi connectivity index (χ3n) is 4.60. The van der Waals surface area contributed by atoms with E-state index in [2.05, 4.69) is 25.9 Å². The van der Waals surface area contributed by atoms with E-state index < -0.39 is 0 Å². The van der Waals surface area contributed by atoms with Gasteiger partial charge in [-0.3, -0.25) is 4.79 Å². The highest BCUT2D eigenvalue weighted by molar-refractivity contribution is 5.94. The Kier molecular flexibility index (Phi) is 6.84. The molecule has 0 radical (unpaired) electrons. The third kappa shape index (κ3) is 5.34. The van der Waals surface area contributed by atoms with E-state index in [1.54, 1.807) is 19.2 Å². The number of rotatable bonds is 7. The number of nitrogens with one attached hydrogen (secondary N) is 4. The molecule has 29 heavy (non-hydrogen) atoms.